The van der Waals surface area contributed by atoms with Gasteiger partial charge in [0.2, 0.25) is 0 Å². The lowest BCUT2D eigenvalue weighted by Gasteiger charge is -2.35. The van der Waals surface area contributed by atoms with E-state index in [0.29, 0.717) is 18.4 Å². The summed E-state index contributed by atoms with van der Waals surface area (Å²) < 4.78 is 0. The zero-order valence-electron chi connectivity index (χ0n) is 10.7. The molecule has 0 saturated carbocycles. The number of carbonyl (C=O) groups excluding carboxylic acids is 1. The summed E-state index contributed by atoms with van der Waals surface area (Å²) in [7, 11) is 2.03. The van der Waals surface area contributed by atoms with Crippen molar-refractivity contribution in [2.75, 3.05) is 20.1 Å². The van der Waals surface area contributed by atoms with Gasteiger partial charge >= 0.3 is 0 Å². The molecule has 1 aliphatic rings. The van der Waals surface area contributed by atoms with Gasteiger partial charge in [0.15, 0.2) is 0 Å². The Labute approximate surface area is 111 Å². The maximum Gasteiger partial charge on any atom is 0.253 e. The monoisotopic (exact) mass is 263 g/mol. The van der Waals surface area contributed by atoms with Crippen molar-refractivity contribution >= 4 is 17.2 Å². The molecule has 18 heavy (non-hydrogen) atoms. The highest BCUT2D eigenvalue weighted by Gasteiger charge is 2.35. The first-order valence-corrected chi connectivity index (χ1v) is 6.96. The lowest BCUT2D eigenvalue weighted by Crippen LogP contribution is -2.53. The average Bonchev–Trinajstić information content (AvgIpc) is 2.79. The molecule has 1 amide bonds. The molecule has 0 bridgehead atoms. The zero-order chi connectivity index (χ0) is 13.2. The normalized spacial score (nSPS) is 19.2. The van der Waals surface area contributed by atoms with E-state index in [1.165, 1.54) is 11.3 Å². The molecule has 1 saturated heterocycles. The number of hydrogen-bond acceptors (Lipinski definition) is 4. The van der Waals surface area contributed by atoms with Crippen LogP contribution in [-0.4, -0.2) is 36.5 Å². The van der Waals surface area contributed by atoms with Crippen molar-refractivity contribution in [3.63, 3.8) is 0 Å². The lowest BCUT2D eigenvalue weighted by molar-refractivity contribution is 0.0882. The highest BCUT2D eigenvalue weighted by molar-refractivity contribution is 7.08. The van der Waals surface area contributed by atoms with Gasteiger partial charge in [0.25, 0.3) is 5.91 Å². The van der Waals surface area contributed by atoms with Crippen LogP contribution in [0.2, 0.25) is 0 Å². The predicted molar refractivity (Wildman–Crippen MR) is 71.6 cm³/mol. The van der Waals surface area contributed by atoms with Crippen molar-refractivity contribution < 1.29 is 4.79 Å². The second kappa shape index (κ2) is 5.09. The molecule has 1 aromatic rings. The highest BCUT2D eigenvalue weighted by atomic mass is 32.1. The van der Waals surface area contributed by atoms with Gasteiger partial charge in [-0.1, -0.05) is 0 Å². The number of carbonyl (C=O) groups is 1. The molecular formula is C13H17N3OS. The number of aryl methyl sites for hydroxylation is 1. The van der Waals surface area contributed by atoms with Crippen LogP contribution in [0.3, 0.4) is 0 Å². The van der Waals surface area contributed by atoms with Crippen molar-refractivity contribution in [1.82, 2.24) is 10.2 Å². The summed E-state index contributed by atoms with van der Waals surface area (Å²) >= 11 is 1.51. The van der Waals surface area contributed by atoms with E-state index in [0.717, 1.165) is 18.7 Å². The summed E-state index contributed by atoms with van der Waals surface area (Å²) in [6, 6.07) is 2.30. The number of hydrogen-bond donors (Lipinski definition) is 1. The third-order valence-corrected chi connectivity index (χ3v) is 4.37. The van der Waals surface area contributed by atoms with E-state index in [1.807, 2.05) is 24.7 Å². The summed E-state index contributed by atoms with van der Waals surface area (Å²) in [6.07, 6.45) is 1.38. The van der Waals surface area contributed by atoms with Crippen LogP contribution < -0.4 is 5.32 Å². The molecule has 0 aromatic carbocycles. The fourth-order valence-electron chi connectivity index (χ4n) is 2.14. The summed E-state index contributed by atoms with van der Waals surface area (Å²) in [5, 5.41) is 16.1. The van der Waals surface area contributed by atoms with Gasteiger partial charge in [0.1, 0.15) is 5.54 Å². The molecule has 1 fully saturated rings. The fraction of sp³-hybridized carbons (Fsp3) is 0.538. The van der Waals surface area contributed by atoms with Crippen LogP contribution in [0, 0.1) is 18.3 Å². The van der Waals surface area contributed by atoms with E-state index >= 15 is 0 Å². The number of nitriles is 1. The molecule has 1 N–H and O–H groups in total. The Kier molecular flexibility index (Phi) is 3.69. The largest absolute Gasteiger partial charge is 0.334 e. The maximum atomic E-state index is 12.2. The minimum Gasteiger partial charge on any atom is -0.334 e. The van der Waals surface area contributed by atoms with Gasteiger partial charge in [-0.2, -0.15) is 16.6 Å². The molecule has 0 unspecified atom stereocenters. The first kappa shape index (κ1) is 13.1. The van der Waals surface area contributed by atoms with Crippen LogP contribution in [0.4, 0.5) is 0 Å². The van der Waals surface area contributed by atoms with Gasteiger partial charge in [0.05, 0.1) is 11.6 Å². The fourth-order valence-corrected chi connectivity index (χ4v) is 2.97. The van der Waals surface area contributed by atoms with Gasteiger partial charge < -0.3 is 10.2 Å². The second-order valence-electron chi connectivity index (χ2n) is 4.92. The van der Waals surface area contributed by atoms with Crippen LogP contribution in [0.25, 0.3) is 0 Å². The molecule has 2 heterocycles. The summed E-state index contributed by atoms with van der Waals surface area (Å²) in [6.45, 7) is 3.60. The van der Waals surface area contributed by atoms with E-state index in [4.69, 9.17) is 0 Å². The molecule has 0 radical (unpaired) electrons. The van der Waals surface area contributed by atoms with Gasteiger partial charge in [-0.3, -0.25) is 4.79 Å². The van der Waals surface area contributed by atoms with Crippen LogP contribution in [0.5, 0.6) is 0 Å². The molecule has 0 aliphatic carbocycles. The molecule has 0 atom stereocenters. The Morgan fingerprint density at radius 3 is 2.67 bits per heavy atom. The maximum absolute atomic E-state index is 12.2. The van der Waals surface area contributed by atoms with E-state index < -0.39 is 5.54 Å². The predicted octanol–water partition coefficient (Wildman–Crippen LogP) is 1.77. The van der Waals surface area contributed by atoms with Crippen LogP contribution in [-0.2, 0) is 0 Å². The van der Waals surface area contributed by atoms with Crippen LogP contribution in [0.1, 0.15) is 28.8 Å². The molecule has 5 heteroatoms. The zero-order valence-corrected chi connectivity index (χ0v) is 11.5. The van der Waals surface area contributed by atoms with E-state index in [2.05, 4.69) is 16.3 Å². The topological polar surface area (TPSA) is 56.1 Å². The summed E-state index contributed by atoms with van der Waals surface area (Å²) in [4.78, 5) is 14.3. The molecule has 2 rings (SSSR count). The molecule has 1 aromatic heterocycles. The van der Waals surface area contributed by atoms with Gasteiger partial charge in [-0.05, 0) is 37.8 Å². The van der Waals surface area contributed by atoms with E-state index in [9.17, 15) is 10.1 Å². The Hall–Kier alpha value is -1.38. The van der Waals surface area contributed by atoms with Gasteiger partial charge in [0, 0.05) is 18.5 Å². The van der Waals surface area contributed by atoms with Crippen LogP contribution in [0.15, 0.2) is 10.8 Å². The lowest BCUT2D eigenvalue weighted by atomic mass is 9.89. The van der Waals surface area contributed by atoms with Gasteiger partial charge in [-0.25, -0.2) is 0 Å². The van der Waals surface area contributed by atoms with Crippen molar-refractivity contribution in [3.05, 3.63) is 21.9 Å². The quantitative estimate of drug-likeness (QED) is 0.884. The molecule has 4 nitrogen and oxygen atoms in total. The number of nitrogens with one attached hydrogen (secondary N) is 1. The second-order valence-corrected chi connectivity index (χ2v) is 5.66. The molecular weight excluding hydrogens is 246 g/mol. The van der Waals surface area contributed by atoms with Crippen molar-refractivity contribution in [3.8, 4) is 6.07 Å². The van der Waals surface area contributed by atoms with Crippen LogP contribution >= 0.6 is 11.3 Å². The molecule has 96 valence electrons. The minimum atomic E-state index is -0.696. The Morgan fingerprint density at radius 2 is 2.17 bits per heavy atom. The number of nitrogens with zero attached hydrogens (tertiary/aromatic N) is 2. The minimum absolute atomic E-state index is 0.125. The third-order valence-electron chi connectivity index (χ3n) is 3.51. The number of piperidine rings is 1. The Bertz CT molecular complexity index is 481. The van der Waals surface area contributed by atoms with E-state index in [-0.39, 0.29) is 5.91 Å². The summed E-state index contributed by atoms with van der Waals surface area (Å²) in [5.74, 6) is -0.125. The smallest absolute Gasteiger partial charge is 0.253 e. The van der Waals surface area contributed by atoms with Crippen molar-refractivity contribution in [2.24, 2.45) is 0 Å². The Morgan fingerprint density at radius 1 is 1.50 bits per heavy atom. The number of amides is 1. The first-order valence-electron chi connectivity index (χ1n) is 6.01. The van der Waals surface area contributed by atoms with Crippen molar-refractivity contribution in [2.45, 2.75) is 25.3 Å². The molecule has 0 spiro atoms. The third kappa shape index (κ3) is 2.55. The standard InChI is InChI=1S/C13H17N3OS/c1-10-7-18-8-11(10)12(17)15-13(9-14)3-5-16(2)6-4-13/h7-8H,3-6H2,1-2H3,(H,15,17). The number of rotatable bonds is 2. The van der Waals surface area contributed by atoms with Gasteiger partial charge in [-0.15, -0.1) is 0 Å². The highest BCUT2D eigenvalue weighted by Crippen LogP contribution is 2.22. The van der Waals surface area contributed by atoms with Crippen molar-refractivity contribution in [1.29, 1.82) is 5.26 Å². The average molecular weight is 263 g/mol. The SMILES string of the molecule is Cc1cscc1C(=O)NC1(C#N)CCN(C)CC1. The number of likely N-dealkylation sites (tertiary alicyclic amines) is 1. The molecule has 1 aliphatic heterocycles. The Balaban J connectivity index is 2.10. The summed E-state index contributed by atoms with van der Waals surface area (Å²) in [5.41, 5.74) is 0.963. The van der Waals surface area contributed by atoms with E-state index in [1.54, 1.807) is 0 Å². The number of thiophene rings is 1. The first-order chi connectivity index (χ1) is 8.56.